The number of carbonyl (C=O) groups is 1. The standard InChI is InChI=1S/C22H18ClN5O3S3/c1-14-7-5-6-10-16(14)13-34(30,31)21-24-11-17(23)18(25-21)19(29)26-20-27-28-22(33-20)32-12-15-8-3-2-4-9-15/h2-11H,12-13H2,1H3,(H,26,27,29). The van der Waals surface area contributed by atoms with Crippen LogP contribution in [0.2, 0.25) is 5.02 Å². The number of amides is 1. The van der Waals surface area contributed by atoms with Gasteiger partial charge in [0.1, 0.15) is 0 Å². The van der Waals surface area contributed by atoms with Crippen LogP contribution in [0.15, 0.2) is 70.3 Å². The second kappa shape index (κ2) is 10.6. The molecule has 0 fully saturated rings. The minimum Gasteiger partial charge on any atom is -0.295 e. The Labute approximate surface area is 209 Å². The van der Waals surface area contributed by atoms with Gasteiger partial charge in [-0.3, -0.25) is 10.1 Å². The van der Waals surface area contributed by atoms with Gasteiger partial charge in [-0.1, -0.05) is 89.3 Å². The predicted molar refractivity (Wildman–Crippen MR) is 133 cm³/mol. The van der Waals surface area contributed by atoms with Gasteiger partial charge in [0.05, 0.1) is 17.0 Å². The van der Waals surface area contributed by atoms with Gasteiger partial charge >= 0.3 is 0 Å². The number of hydrogen-bond donors (Lipinski definition) is 1. The van der Waals surface area contributed by atoms with E-state index in [2.05, 4.69) is 25.5 Å². The first-order chi connectivity index (χ1) is 16.3. The van der Waals surface area contributed by atoms with Crippen LogP contribution in [0.5, 0.6) is 0 Å². The molecule has 4 aromatic rings. The number of hydrogen-bond acceptors (Lipinski definition) is 9. The average Bonchev–Trinajstić information content (AvgIpc) is 3.27. The minimum atomic E-state index is -3.90. The number of benzene rings is 2. The SMILES string of the molecule is Cc1ccccc1CS(=O)(=O)c1ncc(Cl)c(C(=O)Nc2nnc(SCc3ccccc3)s2)n1. The Morgan fingerprint density at radius 2 is 1.82 bits per heavy atom. The Kier molecular flexibility index (Phi) is 7.57. The molecule has 4 rings (SSSR count). The summed E-state index contributed by atoms with van der Waals surface area (Å²) in [7, 11) is -3.90. The molecular formula is C22H18ClN5O3S3. The fraction of sp³-hybridized carbons (Fsp3) is 0.136. The molecule has 0 unspecified atom stereocenters. The van der Waals surface area contributed by atoms with Crippen LogP contribution in [0.1, 0.15) is 27.2 Å². The smallest absolute Gasteiger partial charge is 0.277 e. The lowest BCUT2D eigenvalue weighted by molar-refractivity contribution is 0.102. The molecule has 2 aromatic carbocycles. The van der Waals surface area contributed by atoms with Crippen molar-refractivity contribution in [2.45, 2.75) is 27.9 Å². The van der Waals surface area contributed by atoms with E-state index in [-0.39, 0.29) is 21.6 Å². The van der Waals surface area contributed by atoms with E-state index in [0.29, 0.717) is 15.7 Å². The van der Waals surface area contributed by atoms with Gasteiger partial charge in [0, 0.05) is 5.75 Å². The number of rotatable bonds is 8. The van der Waals surface area contributed by atoms with Crippen molar-refractivity contribution in [2.24, 2.45) is 0 Å². The summed E-state index contributed by atoms with van der Waals surface area (Å²) in [5.41, 5.74) is 2.34. The zero-order valence-electron chi connectivity index (χ0n) is 17.8. The normalized spacial score (nSPS) is 11.4. The minimum absolute atomic E-state index is 0.0736. The second-order valence-electron chi connectivity index (χ2n) is 7.14. The molecule has 0 spiro atoms. The molecule has 174 valence electrons. The highest BCUT2D eigenvalue weighted by Crippen LogP contribution is 2.29. The quantitative estimate of drug-likeness (QED) is 0.196. The first-order valence-corrected chi connectivity index (χ1v) is 13.8. The maximum Gasteiger partial charge on any atom is 0.277 e. The number of nitrogens with zero attached hydrogens (tertiary/aromatic N) is 4. The topological polar surface area (TPSA) is 115 Å². The lowest BCUT2D eigenvalue weighted by atomic mass is 10.1. The molecule has 0 bridgehead atoms. The van der Waals surface area contributed by atoms with Crippen molar-refractivity contribution in [3.8, 4) is 0 Å². The van der Waals surface area contributed by atoms with E-state index in [9.17, 15) is 13.2 Å². The lowest BCUT2D eigenvalue weighted by Gasteiger charge is -2.08. The number of aromatic nitrogens is 4. The van der Waals surface area contributed by atoms with E-state index in [1.54, 1.807) is 12.1 Å². The zero-order chi connectivity index (χ0) is 24.1. The van der Waals surface area contributed by atoms with Gasteiger partial charge < -0.3 is 0 Å². The van der Waals surface area contributed by atoms with Gasteiger partial charge in [-0.25, -0.2) is 18.4 Å². The van der Waals surface area contributed by atoms with Crippen molar-refractivity contribution < 1.29 is 13.2 Å². The first kappa shape index (κ1) is 24.3. The van der Waals surface area contributed by atoms with Gasteiger partial charge in [0.25, 0.3) is 5.91 Å². The maximum absolute atomic E-state index is 12.9. The molecule has 1 amide bonds. The molecule has 8 nitrogen and oxygen atoms in total. The number of thioether (sulfide) groups is 1. The molecule has 0 atom stereocenters. The summed E-state index contributed by atoms with van der Waals surface area (Å²) in [6.45, 7) is 1.82. The summed E-state index contributed by atoms with van der Waals surface area (Å²) in [6, 6.07) is 17.0. The van der Waals surface area contributed by atoms with Crippen LogP contribution in [-0.2, 0) is 21.3 Å². The van der Waals surface area contributed by atoms with Crippen LogP contribution in [0, 0.1) is 6.92 Å². The monoisotopic (exact) mass is 531 g/mol. The molecule has 0 saturated carbocycles. The van der Waals surface area contributed by atoms with E-state index in [1.165, 1.54) is 23.1 Å². The van der Waals surface area contributed by atoms with Crippen LogP contribution < -0.4 is 5.32 Å². The van der Waals surface area contributed by atoms with Crippen LogP contribution >= 0.6 is 34.7 Å². The molecule has 1 N–H and O–H groups in total. The highest BCUT2D eigenvalue weighted by atomic mass is 35.5. The summed E-state index contributed by atoms with van der Waals surface area (Å²) >= 11 is 8.79. The van der Waals surface area contributed by atoms with E-state index in [0.717, 1.165) is 17.3 Å². The first-order valence-electron chi connectivity index (χ1n) is 9.93. The number of sulfone groups is 1. The number of aryl methyl sites for hydroxylation is 1. The summed E-state index contributed by atoms with van der Waals surface area (Å²) in [5, 5.41) is 10.3. The van der Waals surface area contributed by atoms with Gasteiger partial charge in [-0.2, -0.15) is 0 Å². The van der Waals surface area contributed by atoms with E-state index in [4.69, 9.17) is 11.6 Å². The third-order valence-corrected chi connectivity index (χ3v) is 8.42. The van der Waals surface area contributed by atoms with Crippen molar-refractivity contribution in [1.29, 1.82) is 0 Å². The van der Waals surface area contributed by atoms with Crippen LogP contribution in [0.4, 0.5) is 5.13 Å². The van der Waals surface area contributed by atoms with E-state index < -0.39 is 20.9 Å². The molecule has 0 aliphatic carbocycles. The maximum atomic E-state index is 12.9. The number of nitrogens with one attached hydrogen (secondary N) is 1. The van der Waals surface area contributed by atoms with Gasteiger partial charge in [-0.05, 0) is 23.6 Å². The molecule has 0 saturated heterocycles. The Morgan fingerprint density at radius 3 is 2.59 bits per heavy atom. The zero-order valence-corrected chi connectivity index (χ0v) is 21.0. The van der Waals surface area contributed by atoms with Gasteiger partial charge in [0.2, 0.25) is 20.1 Å². The van der Waals surface area contributed by atoms with Crippen molar-refractivity contribution in [3.63, 3.8) is 0 Å². The highest BCUT2D eigenvalue weighted by molar-refractivity contribution is 8.00. The molecule has 0 radical (unpaired) electrons. The van der Waals surface area contributed by atoms with Crippen molar-refractivity contribution in [2.75, 3.05) is 5.32 Å². The Morgan fingerprint density at radius 1 is 1.09 bits per heavy atom. The molecule has 0 aliphatic rings. The van der Waals surface area contributed by atoms with Crippen molar-refractivity contribution >= 4 is 55.6 Å². The van der Waals surface area contributed by atoms with Crippen LogP contribution in [-0.4, -0.2) is 34.5 Å². The van der Waals surface area contributed by atoms with Crippen LogP contribution in [0.25, 0.3) is 0 Å². The summed E-state index contributed by atoms with van der Waals surface area (Å²) in [6.07, 6.45) is 1.11. The van der Waals surface area contributed by atoms with Crippen molar-refractivity contribution in [3.05, 3.63) is 88.2 Å². The van der Waals surface area contributed by atoms with E-state index in [1.807, 2.05) is 49.4 Å². The third-order valence-electron chi connectivity index (χ3n) is 4.65. The largest absolute Gasteiger partial charge is 0.295 e. The number of carbonyl (C=O) groups excluding carboxylic acids is 1. The fourth-order valence-electron chi connectivity index (χ4n) is 2.90. The Balaban J connectivity index is 1.47. The van der Waals surface area contributed by atoms with Gasteiger partial charge in [0.15, 0.2) is 10.0 Å². The number of anilines is 1. The molecule has 12 heteroatoms. The Hall–Kier alpha value is -2.86. The van der Waals surface area contributed by atoms with Crippen molar-refractivity contribution in [1.82, 2.24) is 20.2 Å². The third kappa shape index (κ3) is 5.98. The summed E-state index contributed by atoms with van der Waals surface area (Å²) < 4.78 is 26.4. The van der Waals surface area contributed by atoms with Gasteiger partial charge in [-0.15, -0.1) is 10.2 Å². The number of halogens is 1. The summed E-state index contributed by atoms with van der Waals surface area (Å²) in [4.78, 5) is 20.6. The van der Waals surface area contributed by atoms with E-state index >= 15 is 0 Å². The lowest BCUT2D eigenvalue weighted by Crippen LogP contribution is -2.18. The second-order valence-corrected chi connectivity index (χ2v) is 11.6. The molecule has 0 aliphatic heterocycles. The predicted octanol–water partition coefficient (Wildman–Crippen LogP) is 4.81. The highest BCUT2D eigenvalue weighted by Gasteiger charge is 2.24. The molecule has 2 aromatic heterocycles. The fourth-order valence-corrected chi connectivity index (χ4v) is 6.08. The summed E-state index contributed by atoms with van der Waals surface area (Å²) in [5.74, 6) is -0.278. The molecular weight excluding hydrogens is 514 g/mol. The molecule has 2 heterocycles. The average molecular weight is 532 g/mol. The Bertz CT molecular complexity index is 1430. The van der Waals surface area contributed by atoms with Crippen LogP contribution in [0.3, 0.4) is 0 Å². The molecule has 34 heavy (non-hydrogen) atoms.